The predicted molar refractivity (Wildman–Crippen MR) is 82.8 cm³/mol. The summed E-state index contributed by atoms with van der Waals surface area (Å²) in [5.74, 6) is 1.10. The quantitative estimate of drug-likeness (QED) is 0.887. The number of nitrogens with one attached hydrogen (secondary N) is 1. The zero-order valence-corrected chi connectivity index (χ0v) is 13.1. The van der Waals surface area contributed by atoms with Crippen molar-refractivity contribution in [3.05, 3.63) is 29.3 Å². The smallest absolute Gasteiger partial charge is 0.124 e. The highest BCUT2D eigenvalue weighted by atomic mass is 16.5. The topological polar surface area (TPSA) is 21.3 Å². The van der Waals surface area contributed by atoms with E-state index in [-0.39, 0.29) is 0 Å². The highest BCUT2D eigenvalue weighted by Crippen LogP contribution is 2.45. The molecule has 2 heteroatoms. The number of fused-ring (bicyclic) bond motifs is 1. The molecule has 2 nitrogen and oxygen atoms in total. The SMILES string of the molecule is CC1(C)CCC(C)(COc2cccc3c2CNC3)CC1. The molecule has 0 aromatic heterocycles. The van der Waals surface area contributed by atoms with E-state index in [1.807, 2.05) is 0 Å². The van der Waals surface area contributed by atoms with Gasteiger partial charge in [-0.1, -0.05) is 32.9 Å². The number of hydrogen-bond acceptors (Lipinski definition) is 2. The van der Waals surface area contributed by atoms with E-state index in [0.29, 0.717) is 10.8 Å². The van der Waals surface area contributed by atoms with Crippen LogP contribution in [0.15, 0.2) is 18.2 Å². The second-order valence-corrected chi connectivity index (χ2v) is 7.76. The van der Waals surface area contributed by atoms with Crippen molar-refractivity contribution in [3.63, 3.8) is 0 Å². The Labute approximate surface area is 122 Å². The molecule has 3 rings (SSSR count). The lowest BCUT2D eigenvalue weighted by Crippen LogP contribution is -2.33. The minimum absolute atomic E-state index is 0.351. The summed E-state index contributed by atoms with van der Waals surface area (Å²) in [5, 5.41) is 3.41. The van der Waals surface area contributed by atoms with Crippen LogP contribution < -0.4 is 10.1 Å². The second-order valence-electron chi connectivity index (χ2n) is 7.76. The van der Waals surface area contributed by atoms with E-state index in [1.54, 1.807) is 0 Å². The van der Waals surface area contributed by atoms with Gasteiger partial charge >= 0.3 is 0 Å². The Kier molecular flexibility index (Phi) is 3.53. The van der Waals surface area contributed by atoms with Crippen molar-refractivity contribution in [2.24, 2.45) is 10.8 Å². The van der Waals surface area contributed by atoms with Gasteiger partial charge < -0.3 is 10.1 Å². The van der Waals surface area contributed by atoms with Crippen LogP contribution in [0.5, 0.6) is 5.75 Å². The average Bonchev–Trinajstić information content (AvgIpc) is 2.89. The van der Waals surface area contributed by atoms with Crippen molar-refractivity contribution in [1.29, 1.82) is 0 Å². The third kappa shape index (κ3) is 2.85. The van der Waals surface area contributed by atoms with Crippen LogP contribution in [0.25, 0.3) is 0 Å². The number of rotatable bonds is 3. The van der Waals surface area contributed by atoms with Gasteiger partial charge in [-0.2, -0.15) is 0 Å². The molecular weight excluding hydrogens is 246 g/mol. The van der Waals surface area contributed by atoms with E-state index in [1.165, 1.54) is 36.8 Å². The molecule has 0 radical (unpaired) electrons. The fourth-order valence-corrected chi connectivity index (χ4v) is 3.36. The third-order valence-electron chi connectivity index (χ3n) is 5.23. The van der Waals surface area contributed by atoms with Gasteiger partial charge in [0.2, 0.25) is 0 Å². The standard InChI is InChI=1S/C18H27NO/c1-17(2)7-9-18(3,10-8-17)13-20-16-6-4-5-14-11-19-12-15(14)16/h4-6,19H,7-13H2,1-3H3. The van der Waals surface area contributed by atoms with Gasteiger partial charge in [0.1, 0.15) is 5.75 Å². The first-order valence-electron chi connectivity index (χ1n) is 7.92. The van der Waals surface area contributed by atoms with Gasteiger partial charge in [0, 0.05) is 24.1 Å². The van der Waals surface area contributed by atoms with Gasteiger partial charge in [0.25, 0.3) is 0 Å². The lowest BCUT2D eigenvalue weighted by molar-refractivity contribution is 0.0655. The van der Waals surface area contributed by atoms with Crippen LogP contribution >= 0.6 is 0 Å². The van der Waals surface area contributed by atoms with Crippen LogP contribution in [0.4, 0.5) is 0 Å². The summed E-state index contributed by atoms with van der Waals surface area (Å²) < 4.78 is 6.22. The Balaban J connectivity index is 1.64. The average molecular weight is 273 g/mol. The molecular formula is C18H27NO. The van der Waals surface area contributed by atoms with Crippen molar-refractivity contribution in [2.45, 2.75) is 59.5 Å². The molecule has 20 heavy (non-hydrogen) atoms. The van der Waals surface area contributed by atoms with Gasteiger partial charge in [-0.25, -0.2) is 0 Å². The summed E-state index contributed by atoms with van der Waals surface area (Å²) in [4.78, 5) is 0. The lowest BCUT2D eigenvalue weighted by Gasteiger charge is -2.41. The van der Waals surface area contributed by atoms with Crippen molar-refractivity contribution < 1.29 is 4.74 Å². The van der Waals surface area contributed by atoms with Crippen LogP contribution in [0.3, 0.4) is 0 Å². The number of benzene rings is 1. The van der Waals surface area contributed by atoms with Crippen LogP contribution in [0, 0.1) is 10.8 Å². The van der Waals surface area contributed by atoms with Crippen molar-refractivity contribution in [1.82, 2.24) is 5.32 Å². The summed E-state index contributed by atoms with van der Waals surface area (Å²) in [5.41, 5.74) is 3.64. The van der Waals surface area contributed by atoms with Crippen LogP contribution in [0.1, 0.15) is 57.6 Å². The maximum Gasteiger partial charge on any atom is 0.124 e. The highest BCUT2D eigenvalue weighted by molar-refractivity contribution is 5.42. The molecule has 0 amide bonds. The summed E-state index contributed by atoms with van der Waals surface area (Å²) in [6.45, 7) is 9.97. The Morgan fingerprint density at radius 3 is 2.55 bits per heavy atom. The second kappa shape index (κ2) is 5.07. The van der Waals surface area contributed by atoms with Gasteiger partial charge in [-0.15, -0.1) is 0 Å². The molecule has 1 fully saturated rings. The Morgan fingerprint density at radius 1 is 1.05 bits per heavy atom. The zero-order chi connectivity index (χ0) is 14.2. The van der Waals surface area contributed by atoms with Crippen molar-refractivity contribution >= 4 is 0 Å². The molecule has 1 heterocycles. The molecule has 110 valence electrons. The minimum atomic E-state index is 0.351. The molecule has 0 bridgehead atoms. The fourth-order valence-electron chi connectivity index (χ4n) is 3.36. The highest BCUT2D eigenvalue weighted by Gasteiger charge is 2.35. The van der Waals surface area contributed by atoms with Crippen molar-refractivity contribution in [3.8, 4) is 5.75 Å². The number of ether oxygens (including phenoxy) is 1. The van der Waals surface area contributed by atoms with E-state index in [4.69, 9.17) is 4.74 Å². The van der Waals surface area contributed by atoms with E-state index in [9.17, 15) is 0 Å². The predicted octanol–water partition coefficient (Wildman–Crippen LogP) is 4.28. The molecule has 0 saturated heterocycles. The van der Waals surface area contributed by atoms with E-state index >= 15 is 0 Å². The molecule has 1 aliphatic heterocycles. The summed E-state index contributed by atoms with van der Waals surface area (Å²) >= 11 is 0. The molecule has 0 spiro atoms. The van der Waals surface area contributed by atoms with Gasteiger partial charge in [-0.05, 0) is 42.7 Å². The molecule has 1 aromatic rings. The monoisotopic (exact) mass is 273 g/mol. The minimum Gasteiger partial charge on any atom is -0.493 e. The Bertz CT molecular complexity index is 482. The van der Waals surface area contributed by atoms with Crippen molar-refractivity contribution in [2.75, 3.05) is 6.61 Å². The van der Waals surface area contributed by atoms with Gasteiger partial charge in [0.05, 0.1) is 6.61 Å². The van der Waals surface area contributed by atoms with Crippen LogP contribution in [-0.2, 0) is 13.1 Å². The number of hydrogen-bond donors (Lipinski definition) is 1. The normalized spacial score (nSPS) is 23.4. The molecule has 1 N–H and O–H groups in total. The fraction of sp³-hybridized carbons (Fsp3) is 0.667. The summed E-state index contributed by atoms with van der Waals surface area (Å²) in [6.07, 6.45) is 5.21. The maximum atomic E-state index is 6.22. The molecule has 2 aliphatic rings. The Hall–Kier alpha value is -1.02. The summed E-state index contributed by atoms with van der Waals surface area (Å²) in [6, 6.07) is 6.45. The molecule has 0 atom stereocenters. The lowest BCUT2D eigenvalue weighted by atomic mass is 9.66. The van der Waals surface area contributed by atoms with Gasteiger partial charge in [0.15, 0.2) is 0 Å². The van der Waals surface area contributed by atoms with E-state index in [0.717, 1.165) is 25.4 Å². The Morgan fingerprint density at radius 2 is 1.80 bits per heavy atom. The van der Waals surface area contributed by atoms with E-state index in [2.05, 4.69) is 44.3 Å². The molecule has 1 aliphatic carbocycles. The van der Waals surface area contributed by atoms with Gasteiger partial charge in [-0.3, -0.25) is 0 Å². The largest absolute Gasteiger partial charge is 0.493 e. The zero-order valence-electron chi connectivity index (χ0n) is 13.1. The first-order valence-corrected chi connectivity index (χ1v) is 7.92. The molecule has 0 unspecified atom stereocenters. The first kappa shape index (κ1) is 13.9. The first-order chi connectivity index (χ1) is 9.48. The third-order valence-corrected chi connectivity index (χ3v) is 5.23. The molecule has 1 saturated carbocycles. The molecule has 1 aromatic carbocycles. The van der Waals surface area contributed by atoms with Crippen LogP contribution in [-0.4, -0.2) is 6.61 Å². The maximum absolute atomic E-state index is 6.22. The summed E-state index contributed by atoms with van der Waals surface area (Å²) in [7, 11) is 0. The van der Waals surface area contributed by atoms with Crippen LogP contribution in [0.2, 0.25) is 0 Å². The van der Waals surface area contributed by atoms with E-state index < -0.39 is 0 Å².